The number of rotatable bonds is 6. The Kier molecular flexibility index (Phi) is 6.78. The fourth-order valence-corrected chi connectivity index (χ4v) is 5.40. The number of hydrogen-bond acceptors (Lipinski definition) is 7. The number of benzene rings is 1. The number of aliphatic hydroxyl groups excluding tert-OH is 1. The molecule has 4 rings (SSSR count). The first-order chi connectivity index (χ1) is 15.8. The van der Waals surface area contributed by atoms with Crippen LogP contribution >= 0.6 is 11.6 Å². The number of nitrogens with one attached hydrogen (secondary N) is 1. The minimum absolute atomic E-state index is 0.0399. The van der Waals surface area contributed by atoms with Crippen LogP contribution in [0, 0.1) is 5.82 Å². The lowest BCUT2D eigenvalue weighted by molar-refractivity contribution is 0.247. The summed E-state index contributed by atoms with van der Waals surface area (Å²) < 4.78 is 38.4. The molecule has 0 saturated carbocycles. The topological polar surface area (TPSA) is 114 Å². The van der Waals surface area contributed by atoms with Crippen molar-refractivity contribution in [3.63, 3.8) is 0 Å². The third kappa shape index (κ3) is 5.40. The molecule has 1 aliphatic heterocycles. The highest BCUT2D eigenvalue weighted by atomic mass is 35.5. The zero-order chi connectivity index (χ0) is 23.6. The number of aliphatic hydroxyl groups is 1. The zero-order valence-corrected chi connectivity index (χ0v) is 19.1. The Morgan fingerprint density at radius 1 is 1.21 bits per heavy atom. The van der Waals surface area contributed by atoms with E-state index in [1.807, 2.05) is 0 Å². The van der Waals surface area contributed by atoms with E-state index in [2.05, 4.69) is 15.3 Å². The maximum Gasteiger partial charge on any atom is 0.251 e. The molecule has 11 heteroatoms. The number of aromatic nitrogens is 3. The molecule has 33 heavy (non-hydrogen) atoms. The molecule has 0 spiro atoms. The normalized spacial score (nSPS) is 16.9. The lowest BCUT2D eigenvalue weighted by Gasteiger charge is -2.23. The van der Waals surface area contributed by atoms with Crippen LogP contribution in [-0.2, 0) is 9.84 Å². The van der Waals surface area contributed by atoms with Gasteiger partial charge >= 0.3 is 0 Å². The number of nitrogens with zero attached hydrogens (tertiary/aromatic N) is 3. The first-order valence-corrected chi connectivity index (χ1v) is 12.5. The Morgan fingerprint density at radius 3 is 2.64 bits per heavy atom. The van der Waals surface area contributed by atoms with E-state index in [0.717, 1.165) is 0 Å². The fraction of sp³-hybridized carbons (Fsp3) is 0.318. The monoisotopic (exact) mass is 492 g/mol. The molecule has 0 amide bonds. The van der Waals surface area contributed by atoms with Crippen molar-refractivity contribution in [1.82, 2.24) is 14.5 Å². The Morgan fingerprint density at radius 2 is 1.97 bits per heavy atom. The van der Waals surface area contributed by atoms with Crippen molar-refractivity contribution in [3.05, 3.63) is 75.5 Å². The van der Waals surface area contributed by atoms with Gasteiger partial charge in [-0.25, -0.2) is 22.8 Å². The van der Waals surface area contributed by atoms with Gasteiger partial charge in [-0.05, 0) is 42.7 Å². The highest BCUT2D eigenvalue weighted by molar-refractivity contribution is 7.91. The van der Waals surface area contributed by atoms with Crippen molar-refractivity contribution in [2.24, 2.45) is 0 Å². The van der Waals surface area contributed by atoms with Gasteiger partial charge in [0.25, 0.3) is 5.56 Å². The van der Waals surface area contributed by atoms with Crippen molar-refractivity contribution in [3.8, 4) is 11.3 Å². The van der Waals surface area contributed by atoms with Gasteiger partial charge < -0.3 is 15.0 Å². The lowest BCUT2D eigenvalue weighted by Crippen LogP contribution is -2.32. The number of halogens is 2. The van der Waals surface area contributed by atoms with E-state index in [4.69, 9.17) is 11.6 Å². The van der Waals surface area contributed by atoms with E-state index in [9.17, 15) is 22.7 Å². The second-order valence-electron chi connectivity index (χ2n) is 7.87. The van der Waals surface area contributed by atoms with Crippen LogP contribution in [0.15, 0.2) is 53.6 Å². The molecule has 3 heterocycles. The fourth-order valence-electron chi connectivity index (χ4n) is 3.79. The van der Waals surface area contributed by atoms with Crippen LogP contribution < -0.4 is 10.9 Å². The molecule has 1 unspecified atom stereocenters. The van der Waals surface area contributed by atoms with Gasteiger partial charge in [0.1, 0.15) is 15.7 Å². The van der Waals surface area contributed by atoms with Crippen molar-refractivity contribution < 1.29 is 17.9 Å². The van der Waals surface area contributed by atoms with Crippen molar-refractivity contribution in [2.75, 3.05) is 23.4 Å². The highest BCUT2D eigenvalue weighted by Crippen LogP contribution is 2.24. The van der Waals surface area contributed by atoms with Crippen LogP contribution in [0.25, 0.3) is 11.3 Å². The maximum atomic E-state index is 13.9. The Hall–Kier alpha value is -2.82. The molecule has 8 nitrogen and oxygen atoms in total. The van der Waals surface area contributed by atoms with E-state index in [1.54, 1.807) is 24.4 Å². The molecular formula is C22H22ClFN4O4S. The van der Waals surface area contributed by atoms with Gasteiger partial charge in [-0.3, -0.25) is 4.79 Å². The Labute approximate surface area is 195 Å². The number of hydrogen-bond donors (Lipinski definition) is 2. The second kappa shape index (κ2) is 9.58. The van der Waals surface area contributed by atoms with E-state index in [-0.39, 0.29) is 22.6 Å². The van der Waals surface area contributed by atoms with Gasteiger partial charge in [0, 0.05) is 30.1 Å². The van der Waals surface area contributed by atoms with E-state index in [0.29, 0.717) is 35.6 Å². The predicted octanol–water partition coefficient (Wildman–Crippen LogP) is 2.67. The summed E-state index contributed by atoms with van der Waals surface area (Å²) >= 11 is 5.73. The minimum Gasteiger partial charge on any atom is -0.394 e. The van der Waals surface area contributed by atoms with Crippen LogP contribution in [0.4, 0.5) is 10.3 Å². The summed E-state index contributed by atoms with van der Waals surface area (Å²) in [6.45, 7) is -0.404. The van der Waals surface area contributed by atoms with Crippen LogP contribution in [-0.4, -0.2) is 52.2 Å². The maximum absolute atomic E-state index is 13.9. The summed E-state index contributed by atoms with van der Waals surface area (Å²) in [5.74, 6) is -0.0159. The predicted molar refractivity (Wildman–Crippen MR) is 124 cm³/mol. The summed E-state index contributed by atoms with van der Waals surface area (Å²) in [5.41, 5.74) is 1.08. The van der Waals surface area contributed by atoms with Gasteiger partial charge in [-0.15, -0.1) is 0 Å². The average molecular weight is 493 g/mol. The van der Waals surface area contributed by atoms with Crippen molar-refractivity contribution >= 4 is 27.4 Å². The molecule has 1 aromatic carbocycles. The Bertz CT molecular complexity index is 1320. The van der Waals surface area contributed by atoms with Gasteiger partial charge in [-0.2, -0.15) is 0 Å². The SMILES string of the molecule is O=c1cc(-c2ccnc(NC3CCS(=O)(=O)CC3)n2)ccn1C(CO)c1ccc(Cl)c(F)c1. The molecule has 1 saturated heterocycles. The molecule has 0 bridgehead atoms. The summed E-state index contributed by atoms with van der Waals surface area (Å²) in [6, 6.07) is 8.04. The summed E-state index contributed by atoms with van der Waals surface area (Å²) in [7, 11) is -2.97. The quantitative estimate of drug-likeness (QED) is 0.543. The number of pyridine rings is 1. The van der Waals surface area contributed by atoms with Crippen LogP contribution in [0.2, 0.25) is 5.02 Å². The summed E-state index contributed by atoms with van der Waals surface area (Å²) in [5, 5.41) is 13.0. The largest absolute Gasteiger partial charge is 0.394 e. The summed E-state index contributed by atoms with van der Waals surface area (Å²) in [4.78, 5) is 21.5. The molecule has 1 fully saturated rings. The molecule has 0 radical (unpaired) electrons. The van der Waals surface area contributed by atoms with Gasteiger partial charge in [-0.1, -0.05) is 17.7 Å². The third-order valence-electron chi connectivity index (χ3n) is 5.62. The van der Waals surface area contributed by atoms with Crippen molar-refractivity contribution in [2.45, 2.75) is 24.9 Å². The molecule has 3 aromatic rings. The van der Waals surface area contributed by atoms with Crippen LogP contribution in [0.5, 0.6) is 0 Å². The standard InChI is InChI=1S/C22H22ClFN4O4S/c23-17-2-1-15(11-18(17)24)20(13-29)28-8-4-14(12-21(28)30)19-3-7-25-22(27-19)26-16-5-9-33(31,32)10-6-16/h1-4,7-8,11-12,16,20,29H,5-6,9-10,13H2,(H,25,26,27). The van der Waals surface area contributed by atoms with Gasteiger partial charge in [0.05, 0.1) is 34.9 Å². The van der Waals surface area contributed by atoms with E-state index in [1.165, 1.54) is 29.0 Å². The molecule has 1 aliphatic rings. The molecule has 174 valence electrons. The zero-order valence-electron chi connectivity index (χ0n) is 17.5. The van der Waals surface area contributed by atoms with Crippen LogP contribution in [0.1, 0.15) is 24.4 Å². The Balaban J connectivity index is 1.56. The van der Waals surface area contributed by atoms with Crippen molar-refractivity contribution in [1.29, 1.82) is 0 Å². The lowest BCUT2D eigenvalue weighted by atomic mass is 10.1. The second-order valence-corrected chi connectivity index (χ2v) is 10.6. The van der Waals surface area contributed by atoms with E-state index >= 15 is 0 Å². The molecule has 1 atom stereocenters. The molecule has 2 aromatic heterocycles. The number of anilines is 1. The smallest absolute Gasteiger partial charge is 0.251 e. The number of sulfone groups is 1. The molecular weight excluding hydrogens is 471 g/mol. The molecule has 0 aliphatic carbocycles. The first kappa shape index (κ1) is 23.3. The first-order valence-electron chi connectivity index (χ1n) is 10.3. The van der Waals surface area contributed by atoms with Gasteiger partial charge in [0.15, 0.2) is 0 Å². The van der Waals surface area contributed by atoms with Gasteiger partial charge in [0.2, 0.25) is 5.95 Å². The van der Waals surface area contributed by atoms with E-state index < -0.39 is 33.9 Å². The summed E-state index contributed by atoms with van der Waals surface area (Å²) in [6.07, 6.45) is 4.05. The third-order valence-corrected chi connectivity index (χ3v) is 7.65. The van der Waals surface area contributed by atoms with Crippen LogP contribution in [0.3, 0.4) is 0 Å². The molecule has 2 N–H and O–H groups in total. The minimum atomic E-state index is -2.97. The average Bonchev–Trinajstić information content (AvgIpc) is 2.79. The highest BCUT2D eigenvalue weighted by Gasteiger charge is 2.24.